The van der Waals surface area contributed by atoms with Crippen LogP contribution >= 0.6 is 0 Å². The lowest BCUT2D eigenvalue weighted by atomic mass is 10.0. The first-order valence-electron chi connectivity index (χ1n) is 5.16. The molecule has 7 nitrogen and oxygen atoms in total. The molecule has 0 aliphatic carbocycles. The molecule has 1 unspecified atom stereocenters. The minimum Gasteiger partial charge on any atom is -0.386 e. The van der Waals surface area contributed by atoms with Crippen LogP contribution in [0.5, 0.6) is 0 Å². The number of aromatic nitrogens is 2. The van der Waals surface area contributed by atoms with E-state index in [1.807, 2.05) is 0 Å². The number of anilines is 2. The number of nitrogens with one attached hydrogen (secondary N) is 2. The summed E-state index contributed by atoms with van der Waals surface area (Å²) in [4.78, 5) is 7.40. The van der Waals surface area contributed by atoms with Crippen LogP contribution in [0.15, 0.2) is 6.20 Å². The summed E-state index contributed by atoms with van der Waals surface area (Å²) in [6.45, 7) is 0.889. The summed E-state index contributed by atoms with van der Waals surface area (Å²) < 4.78 is 18.4. The van der Waals surface area contributed by atoms with Gasteiger partial charge in [0, 0.05) is 19.6 Å². The molecular formula is C9H14FN5O2. The van der Waals surface area contributed by atoms with Gasteiger partial charge >= 0.3 is 0 Å². The Morgan fingerprint density at radius 3 is 3.12 bits per heavy atom. The Morgan fingerprint density at radius 2 is 2.47 bits per heavy atom. The van der Waals surface area contributed by atoms with E-state index in [0.29, 0.717) is 13.0 Å². The lowest BCUT2D eigenvalue weighted by Crippen LogP contribution is -2.37. The van der Waals surface area contributed by atoms with E-state index in [1.54, 1.807) is 0 Å². The van der Waals surface area contributed by atoms with Gasteiger partial charge in [-0.1, -0.05) is 0 Å². The molecule has 0 aromatic carbocycles. The zero-order valence-electron chi connectivity index (χ0n) is 9.11. The number of nitrogens with zero attached hydrogens (tertiary/aromatic N) is 2. The first-order valence-corrected chi connectivity index (χ1v) is 5.16. The van der Waals surface area contributed by atoms with Gasteiger partial charge in [-0.05, 0) is 0 Å². The van der Waals surface area contributed by atoms with Crippen molar-refractivity contribution >= 4 is 11.8 Å². The maximum Gasteiger partial charge on any atom is 0.239 e. The molecule has 0 bridgehead atoms. The van der Waals surface area contributed by atoms with Crippen LogP contribution < -0.4 is 16.6 Å². The summed E-state index contributed by atoms with van der Waals surface area (Å²) in [5, 5.41) is 12.7. The summed E-state index contributed by atoms with van der Waals surface area (Å²) in [6, 6.07) is 0. The number of halogens is 1. The molecule has 2 rings (SSSR count). The molecule has 1 aliphatic heterocycles. The zero-order chi connectivity index (χ0) is 12.3. The van der Waals surface area contributed by atoms with Gasteiger partial charge in [0.2, 0.25) is 5.95 Å². The summed E-state index contributed by atoms with van der Waals surface area (Å²) in [7, 11) is 0. The fourth-order valence-electron chi connectivity index (χ4n) is 1.54. The zero-order valence-corrected chi connectivity index (χ0v) is 9.11. The summed E-state index contributed by atoms with van der Waals surface area (Å²) in [5.41, 5.74) is 1.24. The lowest BCUT2D eigenvalue weighted by molar-refractivity contribution is 0.0381. The molecule has 2 heterocycles. The van der Waals surface area contributed by atoms with E-state index in [4.69, 9.17) is 10.6 Å². The van der Waals surface area contributed by atoms with E-state index in [1.165, 1.54) is 0 Å². The Hall–Kier alpha value is -1.51. The van der Waals surface area contributed by atoms with Crippen molar-refractivity contribution in [3.63, 3.8) is 0 Å². The van der Waals surface area contributed by atoms with Crippen LogP contribution in [0.25, 0.3) is 0 Å². The molecule has 1 aromatic heterocycles. The molecule has 0 radical (unpaired) electrons. The summed E-state index contributed by atoms with van der Waals surface area (Å²) >= 11 is 0. The van der Waals surface area contributed by atoms with Gasteiger partial charge < -0.3 is 15.2 Å². The van der Waals surface area contributed by atoms with Gasteiger partial charge in [-0.3, -0.25) is 5.43 Å². The van der Waals surface area contributed by atoms with E-state index in [-0.39, 0.29) is 24.9 Å². The maximum atomic E-state index is 13.3. The van der Waals surface area contributed by atoms with Crippen LogP contribution in [0.4, 0.5) is 16.2 Å². The third-order valence-corrected chi connectivity index (χ3v) is 2.54. The molecule has 17 heavy (non-hydrogen) atoms. The van der Waals surface area contributed by atoms with Crippen LogP contribution in [0, 0.1) is 5.82 Å². The maximum absolute atomic E-state index is 13.3. The Morgan fingerprint density at radius 1 is 1.65 bits per heavy atom. The number of rotatable bonds is 4. The molecule has 1 saturated heterocycles. The monoisotopic (exact) mass is 243 g/mol. The average Bonchev–Trinajstić information content (AvgIpc) is 2.76. The minimum absolute atomic E-state index is 0.00623. The molecule has 1 atom stereocenters. The molecule has 0 amide bonds. The van der Waals surface area contributed by atoms with Crippen molar-refractivity contribution in [2.45, 2.75) is 12.0 Å². The Kier molecular flexibility index (Phi) is 3.36. The molecule has 8 heteroatoms. The molecule has 1 aromatic rings. The number of hydrazine groups is 1. The van der Waals surface area contributed by atoms with Crippen molar-refractivity contribution in [3.05, 3.63) is 12.0 Å². The molecular weight excluding hydrogens is 229 g/mol. The Bertz CT molecular complexity index is 397. The second-order valence-electron chi connectivity index (χ2n) is 3.91. The molecule has 5 N–H and O–H groups in total. The highest BCUT2D eigenvalue weighted by Gasteiger charge is 2.32. The van der Waals surface area contributed by atoms with Crippen LogP contribution in [0.2, 0.25) is 0 Å². The molecule has 0 spiro atoms. The quantitative estimate of drug-likeness (QED) is 0.416. The molecule has 0 saturated carbocycles. The third kappa shape index (κ3) is 2.78. The normalized spacial score (nSPS) is 23.7. The number of hydrogen-bond donors (Lipinski definition) is 4. The smallest absolute Gasteiger partial charge is 0.239 e. The van der Waals surface area contributed by atoms with E-state index >= 15 is 0 Å². The van der Waals surface area contributed by atoms with Crippen molar-refractivity contribution in [2.75, 3.05) is 30.5 Å². The van der Waals surface area contributed by atoms with E-state index in [9.17, 15) is 9.50 Å². The van der Waals surface area contributed by atoms with Gasteiger partial charge in [0.1, 0.15) is 5.60 Å². The predicted molar refractivity (Wildman–Crippen MR) is 58.7 cm³/mol. The predicted octanol–water partition coefficient (Wildman–Crippen LogP) is -0.535. The molecule has 1 fully saturated rings. The van der Waals surface area contributed by atoms with E-state index < -0.39 is 11.4 Å². The van der Waals surface area contributed by atoms with Crippen molar-refractivity contribution < 1.29 is 14.2 Å². The first kappa shape index (κ1) is 12.0. The second-order valence-corrected chi connectivity index (χ2v) is 3.91. The van der Waals surface area contributed by atoms with Crippen molar-refractivity contribution in [1.82, 2.24) is 9.97 Å². The van der Waals surface area contributed by atoms with Crippen LogP contribution in [-0.2, 0) is 4.74 Å². The Balaban J connectivity index is 2.02. The van der Waals surface area contributed by atoms with E-state index in [0.717, 1.165) is 6.20 Å². The number of nitrogens with two attached hydrogens (primary N) is 1. The van der Waals surface area contributed by atoms with Crippen molar-refractivity contribution in [3.8, 4) is 0 Å². The number of aliphatic hydroxyl groups is 1. The van der Waals surface area contributed by atoms with Crippen LogP contribution in [0.3, 0.4) is 0 Å². The topological polar surface area (TPSA) is 105 Å². The largest absolute Gasteiger partial charge is 0.386 e. The van der Waals surface area contributed by atoms with Crippen molar-refractivity contribution in [2.24, 2.45) is 5.84 Å². The van der Waals surface area contributed by atoms with E-state index in [2.05, 4.69) is 20.7 Å². The van der Waals surface area contributed by atoms with Gasteiger partial charge in [0.15, 0.2) is 11.6 Å². The van der Waals surface area contributed by atoms with Gasteiger partial charge in [0.05, 0.1) is 12.8 Å². The average molecular weight is 243 g/mol. The minimum atomic E-state index is -0.978. The van der Waals surface area contributed by atoms with Crippen molar-refractivity contribution in [1.29, 1.82) is 0 Å². The number of ether oxygens (including phenoxy) is 1. The molecule has 1 aliphatic rings. The van der Waals surface area contributed by atoms with Gasteiger partial charge in [-0.25, -0.2) is 15.2 Å². The number of nitrogen functional groups attached to an aromatic ring is 1. The van der Waals surface area contributed by atoms with Crippen LogP contribution in [-0.4, -0.2) is 40.4 Å². The van der Waals surface area contributed by atoms with Gasteiger partial charge in [-0.2, -0.15) is 4.98 Å². The van der Waals surface area contributed by atoms with Gasteiger partial charge in [0.25, 0.3) is 0 Å². The number of hydrogen-bond acceptors (Lipinski definition) is 7. The second kappa shape index (κ2) is 4.78. The standard InChI is InChI=1S/C9H14FN5O2/c10-6-3-12-8(15-11)14-7(6)13-4-9(16)1-2-17-5-9/h3,16H,1-2,4-5,11H2,(H2,12,13,14,15). The molecule has 94 valence electrons. The summed E-state index contributed by atoms with van der Waals surface area (Å²) in [6.07, 6.45) is 1.51. The SMILES string of the molecule is NNc1ncc(F)c(NCC2(O)CCOC2)n1. The first-order chi connectivity index (χ1) is 8.13. The third-order valence-electron chi connectivity index (χ3n) is 2.54. The highest BCUT2D eigenvalue weighted by atomic mass is 19.1. The highest BCUT2D eigenvalue weighted by molar-refractivity contribution is 5.40. The fourth-order valence-corrected chi connectivity index (χ4v) is 1.54. The summed E-state index contributed by atoms with van der Waals surface area (Å²) in [5.74, 6) is 4.61. The lowest BCUT2D eigenvalue weighted by Gasteiger charge is -2.21. The Labute approximate surface area is 97.2 Å². The van der Waals surface area contributed by atoms with Gasteiger partial charge in [-0.15, -0.1) is 0 Å². The highest BCUT2D eigenvalue weighted by Crippen LogP contribution is 2.19. The fraction of sp³-hybridized carbons (Fsp3) is 0.556. The van der Waals surface area contributed by atoms with Crippen LogP contribution in [0.1, 0.15) is 6.42 Å².